The molecule has 1 N–H and O–H groups in total. The summed E-state index contributed by atoms with van der Waals surface area (Å²) in [6.07, 6.45) is 1.39. The van der Waals surface area contributed by atoms with Crippen molar-refractivity contribution in [2.45, 2.75) is 32.7 Å². The fourth-order valence-electron chi connectivity index (χ4n) is 2.33. The van der Waals surface area contributed by atoms with Gasteiger partial charge < -0.3 is 10.1 Å². The second kappa shape index (κ2) is 7.65. The van der Waals surface area contributed by atoms with E-state index in [1.807, 2.05) is 13.8 Å². The number of hydrogen-bond donors (Lipinski definition) is 1. The Balaban J connectivity index is 1.93. The van der Waals surface area contributed by atoms with Crippen LogP contribution < -0.4 is 9.62 Å². The van der Waals surface area contributed by atoms with Crippen LogP contribution in [0, 0.1) is 0 Å². The topological polar surface area (TPSA) is 92.8 Å². The first-order chi connectivity index (χ1) is 11.3. The van der Waals surface area contributed by atoms with E-state index in [4.69, 9.17) is 4.74 Å². The van der Waals surface area contributed by atoms with Crippen LogP contribution in [0.1, 0.15) is 37.0 Å². The molecule has 1 aliphatic rings. The Kier molecular flexibility index (Phi) is 5.82. The molecule has 1 aromatic rings. The minimum absolute atomic E-state index is 0.0258. The van der Waals surface area contributed by atoms with Crippen LogP contribution in [-0.4, -0.2) is 45.2 Å². The van der Waals surface area contributed by atoms with E-state index in [-0.39, 0.29) is 29.9 Å². The van der Waals surface area contributed by atoms with Gasteiger partial charge in [0.25, 0.3) is 5.91 Å². The highest BCUT2D eigenvalue weighted by molar-refractivity contribution is 7.93. The molecule has 0 bridgehead atoms. The minimum atomic E-state index is -3.24. The average molecular weight is 354 g/mol. The van der Waals surface area contributed by atoms with E-state index < -0.39 is 16.0 Å². The molecule has 0 spiro atoms. The van der Waals surface area contributed by atoms with Gasteiger partial charge in [0.1, 0.15) is 0 Å². The molecule has 1 aromatic carbocycles. The smallest absolute Gasteiger partial charge is 0.338 e. The number of anilines is 1. The monoisotopic (exact) mass is 354 g/mol. The van der Waals surface area contributed by atoms with E-state index in [9.17, 15) is 18.0 Å². The molecule has 2 rings (SSSR count). The number of sulfonamides is 1. The highest BCUT2D eigenvalue weighted by Crippen LogP contribution is 2.24. The van der Waals surface area contributed by atoms with Crippen LogP contribution in [0.5, 0.6) is 0 Å². The van der Waals surface area contributed by atoms with E-state index in [0.29, 0.717) is 18.7 Å². The lowest BCUT2D eigenvalue weighted by molar-refractivity contribution is -0.124. The molecule has 1 unspecified atom stereocenters. The zero-order valence-corrected chi connectivity index (χ0v) is 14.6. The molecule has 0 aliphatic carbocycles. The van der Waals surface area contributed by atoms with Crippen molar-refractivity contribution in [3.63, 3.8) is 0 Å². The summed E-state index contributed by atoms with van der Waals surface area (Å²) in [6, 6.07) is 6.16. The summed E-state index contributed by atoms with van der Waals surface area (Å²) in [5.41, 5.74) is 0.797. The summed E-state index contributed by atoms with van der Waals surface area (Å²) in [6.45, 7) is 3.91. The molecular weight excluding hydrogens is 332 g/mol. The molecule has 1 atom stereocenters. The number of rotatable bonds is 6. The van der Waals surface area contributed by atoms with Gasteiger partial charge in [-0.1, -0.05) is 6.92 Å². The van der Waals surface area contributed by atoms with Gasteiger partial charge in [-0.25, -0.2) is 13.2 Å². The zero-order valence-electron chi connectivity index (χ0n) is 13.8. The molecule has 8 heteroatoms. The second-order valence-corrected chi connectivity index (χ2v) is 7.75. The Morgan fingerprint density at radius 2 is 1.96 bits per heavy atom. The molecule has 1 amide bonds. The molecule has 7 nitrogen and oxygen atoms in total. The van der Waals surface area contributed by atoms with Crippen LogP contribution in [0.25, 0.3) is 0 Å². The molecule has 1 fully saturated rings. The zero-order chi connectivity index (χ0) is 17.7. The number of hydrogen-bond acceptors (Lipinski definition) is 5. The molecular formula is C16H22N2O5S. The van der Waals surface area contributed by atoms with Crippen LogP contribution in [0.2, 0.25) is 0 Å². The predicted octanol–water partition coefficient (Wildman–Crippen LogP) is 1.30. The van der Waals surface area contributed by atoms with Crippen LogP contribution in [0.15, 0.2) is 24.3 Å². The van der Waals surface area contributed by atoms with Crippen LogP contribution >= 0.6 is 0 Å². The standard InChI is InChI=1S/C16H22N2O5S/c1-3-12(2)17-15(19)11-23-16(20)13-5-7-14(8-6-13)18-9-4-10-24(18,21)22/h5-8,12H,3-4,9-11H2,1-2H3,(H,17,19). The number of benzene rings is 1. The summed E-state index contributed by atoms with van der Waals surface area (Å²) in [4.78, 5) is 23.5. The molecule has 1 aliphatic heterocycles. The maximum absolute atomic E-state index is 11.9. The van der Waals surface area contributed by atoms with Gasteiger partial charge in [-0.3, -0.25) is 9.10 Å². The van der Waals surface area contributed by atoms with Crippen molar-refractivity contribution in [1.82, 2.24) is 5.32 Å². The van der Waals surface area contributed by atoms with Crippen LogP contribution in [0.3, 0.4) is 0 Å². The van der Waals surface area contributed by atoms with Gasteiger partial charge >= 0.3 is 5.97 Å². The third kappa shape index (κ3) is 4.47. The molecule has 1 saturated heterocycles. The van der Waals surface area contributed by atoms with Crippen LogP contribution in [0.4, 0.5) is 5.69 Å². The normalized spacial score (nSPS) is 17.3. The van der Waals surface area contributed by atoms with Gasteiger partial charge in [0.15, 0.2) is 6.61 Å². The molecule has 1 heterocycles. The molecule has 0 saturated carbocycles. The number of nitrogens with one attached hydrogen (secondary N) is 1. The summed E-state index contributed by atoms with van der Waals surface area (Å²) in [5.74, 6) is -0.829. The second-order valence-electron chi connectivity index (χ2n) is 5.74. The third-order valence-corrected chi connectivity index (χ3v) is 5.71. The highest BCUT2D eigenvalue weighted by atomic mass is 32.2. The van der Waals surface area contributed by atoms with E-state index in [1.165, 1.54) is 16.4 Å². The molecule has 132 valence electrons. The Labute approximate surface area is 142 Å². The van der Waals surface area contributed by atoms with Gasteiger partial charge in [0.05, 0.1) is 17.0 Å². The molecule has 0 aromatic heterocycles. The SMILES string of the molecule is CCC(C)NC(=O)COC(=O)c1ccc(N2CCCS2(=O)=O)cc1. The lowest BCUT2D eigenvalue weighted by atomic mass is 10.2. The van der Waals surface area contributed by atoms with Crippen molar-refractivity contribution in [3.05, 3.63) is 29.8 Å². The first-order valence-corrected chi connectivity index (χ1v) is 9.51. The first kappa shape index (κ1) is 18.3. The summed E-state index contributed by atoms with van der Waals surface area (Å²) in [5, 5.41) is 2.70. The fourth-order valence-corrected chi connectivity index (χ4v) is 3.89. The van der Waals surface area contributed by atoms with Crippen molar-refractivity contribution in [2.75, 3.05) is 23.2 Å². The number of amides is 1. The number of carbonyl (C=O) groups is 2. The van der Waals surface area contributed by atoms with Gasteiger partial charge in [-0.2, -0.15) is 0 Å². The minimum Gasteiger partial charge on any atom is -0.452 e. The molecule has 24 heavy (non-hydrogen) atoms. The quantitative estimate of drug-likeness (QED) is 0.777. The Hall–Kier alpha value is -2.09. The lowest BCUT2D eigenvalue weighted by Gasteiger charge is -2.17. The summed E-state index contributed by atoms with van der Waals surface area (Å²) in [7, 11) is -3.24. The van der Waals surface area contributed by atoms with Gasteiger partial charge in [0.2, 0.25) is 10.0 Å². The van der Waals surface area contributed by atoms with Crippen LogP contribution in [-0.2, 0) is 19.6 Å². The first-order valence-electron chi connectivity index (χ1n) is 7.90. The number of carbonyl (C=O) groups excluding carboxylic acids is 2. The van der Waals surface area contributed by atoms with Gasteiger partial charge in [-0.15, -0.1) is 0 Å². The van der Waals surface area contributed by atoms with Crippen molar-refractivity contribution >= 4 is 27.6 Å². The highest BCUT2D eigenvalue weighted by Gasteiger charge is 2.28. The maximum atomic E-state index is 11.9. The average Bonchev–Trinajstić information content (AvgIpc) is 2.91. The van der Waals surface area contributed by atoms with E-state index in [1.54, 1.807) is 12.1 Å². The largest absolute Gasteiger partial charge is 0.452 e. The fraction of sp³-hybridized carbons (Fsp3) is 0.500. The Morgan fingerprint density at radius 1 is 1.29 bits per heavy atom. The number of esters is 1. The van der Waals surface area contributed by atoms with Crippen molar-refractivity contribution in [1.29, 1.82) is 0 Å². The van der Waals surface area contributed by atoms with E-state index in [0.717, 1.165) is 6.42 Å². The van der Waals surface area contributed by atoms with E-state index >= 15 is 0 Å². The van der Waals surface area contributed by atoms with Gasteiger partial charge in [0, 0.05) is 12.6 Å². The number of nitrogens with zero attached hydrogens (tertiary/aromatic N) is 1. The van der Waals surface area contributed by atoms with Crippen molar-refractivity contribution in [3.8, 4) is 0 Å². The predicted molar refractivity (Wildman–Crippen MR) is 90.4 cm³/mol. The third-order valence-electron chi connectivity index (χ3n) is 3.84. The Morgan fingerprint density at radius 3 is 2.50 bits per heavy atom. The summed E-state index contributed by atoms with van der Waals surface area (Å²) < 4.78 is 30.0. The van der Waals surface area contributed by atoms with Crippen molar-refractivity contribution < 1.29 is 22.7 Å². The van der Waals surface area contributed by atoms with Crippen molar-refractivity contribution in [2.24, 2.45) is 0 Å². The Bertz CT molecular complexity index is 700. The lowest BCUT2D eigenvalue weighted by Crippen LogP contribution is -2.35. The maximum Gasteiger partial charge on any atom is 0.338 e. The number of ether oxygens (including phenoxy) is 1. The van der Waals surface area contributed by atoms with E-state index in [2.05, 4.69) is 5.32 Å². The molecule has 0 radical (unpaired) electrons. The van der Waals surface area contributed by atoms with Gasteiger partial charge in [-0.05, 0) is 44.0 Å². The summed E-state index contributed by atoms with van der Waals surface area (Å²) >= 11 is 0.